The van der Waals surface area contributed by atoms with E-state index in [1.807, 2.05) is 54.8 Å². The van der Waals surface area contributed by atoms with E-state index in [1.54, 1.807) is 7.11 Å². The molecule has 0 bridgehead atoms. The summed E-state index contributed by atoms with van der Waals surface area (Å²) in [6.45, 7) is 4.30. The lowest BCUT2D eigenvalue weighted by Crippen LogP contribution is -2.05. The summed E-state index contributed by atoms with van der Waals surface area (Å²) < 4.78 is 7.20. The van der Waals surface area contributed by atoms with E-state index < -0.39 is 6.10 Å². The summed E-state index contributed by atoms with van der Waals surface area (Å²) in [5.74, 6) is 0.172. The number of aromatic hydroxyl groups is 1. The van der Waals surface area contributed by atoms with E-state index in [0.29, 0.717) is 25.1 Å². The van der Waals surface area contributed by atoms with Crippen molar-refractivity contribution >= 4 is 5.65 Å². The third kappa shape index (κ3) is 3.38. The first-order valence-electron chi connectivity index (χ1n) is 8.43. The minimum absolute atomic E-state index is 0.172. The number of ether oxygens (including phenoxy) is 1. The fourth-order valence-electron chi connectivity index (χ4n) is 3.15. The molecule has 0 saturated heterocycles. The maximum Gasteiger partial charge on any atom is 0.180 e. The number of rotatable bonds is 6. The first-order chi connectivity index (χ1) is 12.0. The highest BCUT2D eigenvalue weighted by molar-refractivity contribution is 5.61. The average Bonchev–Trinajstić information content (AvgIpc) is 2.91. The zero-order valence-corrected chi connectivity index (χ0v) is 14.9. The van der Waals surface area contributed by atoms with Gasteiger partial charge in [0.25, 0.3) is 0 Å². The number of aliphatic hydroxyl groups excluding tert-OH is 1. The van der Waals surface area contributed by atoms with Crippen LogP contribution in [0.2, 0.25) is 0 Å². The van der Waals surface area contributed by atoms with Crippen LogP contribution in [0.1, 0.15) is 40.6 Å². The minimum Gasteiger partial charge on any atom is -0.504 e. The number of imidazole rings is 1. The van der Waals surface area contributed by atoms with Gasteiger partial charge in [-0.15, -0.1) is 0 Å². The van der Waals surface area contributed by atoms with Gasteiger partial charge >= 0.3 is 0 Å². The van der Waals surface area contributed by atoms with E-state index in [1.165, 1.54) is 0 Å². The van der Waals surface area contributed by atoms with Crippen LogP contribution in [0.5, 0.6) is 5.75 Å². The second kappa shape index (κ2) is 7.25. The predicted molar refractivity (Wildman–Crippen MR) is 96.8 cm³/mol. The van der Waals surface area contributed by atoms with Crippen LogP contribution in [0.15, 0.2) is 36.5 Å². The third-order valence-electron chi connectivity index (χ3n) is 4.71. The Bertz CT molecular complexity index is 872. The number of aliphatic hydroxyl groups is 1. The number of fused-ring (bicyclic) bond motifs is 1. The maximum atomic E-state index is 10.8. The van der Waals surface area contributed by atoms with Crippen LogP contribution in [-0.4, -0.2) is 26.7 Å². The van der Waals surface area contributed by atoms with Gasteiger partial charge in [0.2, 0.25) is 0 Å². The van der Waals surface area contributed by atoms with Gasteiger partial charge in [-0.1, -0.05) is 30.3 Å². The van der Waals surface area contributed by atoms with Crippen LogP contribution in [-0.2, 0) is 17.8 Å². The fourth-order valence-corrected chi connectivity index (χ4v) is 3.15. The molecule has 0 spiro atoms. The van der Waals surface area contributed by atoms with Gasteiger partial charge in [-0.3, -0.25) is 0 Å². The summed E-state index contributed by atoms with van der Waals surface area (Å²) >= 11 is 0. The number of nitrogens with zero attached hydrogens (tertiary/aromatic N) is 2. The van der Waals surface area contributed by atoms with Crippen molar-refractivity contribution < 1.29 is 14.9 Å². The van der Waals surface area contributed by atoms with Crippen molar-refractivity contribution in [3.63, 3.8) is 0 Å². The number of hydrogen-bond acceptors (Lipinski definition) is 4. The number of benzene rings is 1. The number of methoxy groups -OCH3 is 1. The Morgan fingerprint density at radius 1 is 1.20 bits per heavy atom. The predicted octanol–water partition coefficient (Wildman–Crippen LogP) is 3.47. The average molecular weight is 340 g/mol. The van der Waals surface area contributed by atoms with Gasteiger partial charge in [0.1, 0.15) is 0 Å². The van der Waals surface area contributed by atoms with Crippen LogP contribution < -0.4 is 0 Å². The summed E-state index contributed by atoms with van der Waals surface area (Å²) in [4.78, 5) is 4.47. The molecule has 5 nitrogen and oxygen atoms in total. The fraction of sp³-hybridized carbons (Fsp3) is 0.350. The Hall–Kier alpha value is -2.37. The van der Waals surface area contributed by atoms with Crippen molar-refractivity contribution in [1.82, 2.24) is 9.38 Å². The Balaban J connectivity index is 1.94. The Morgan fingerprint density at radius 3 is 2.60 bits per heavy atom. The van der Waals surface area contributed by atoms with Crippen LogP contribution in [0.4, 0.5) is 0 Å². The van der Waals surface area contributed by atoms with Gasteiger partial charge in [0.05, 0.1) is 18.4 Å². The van der Waals surface area contributed by atoms with Gasteiger partial charge < -0.3 is 19.4 Å². The molecule has 2 aromatic heterocycles. The number of aryl methyl sites for hydroxylation is 2. The molecule has 3 rings (SSSR count). The van der Waals surface area contributed by atoms with Gasteiger partial charge in [-0.05, 0) is 32.3 Å². The number of hydrogen-bond donors (Lipinski definition) is 2. The molecule has 2 heterocycles. The molecule has 0 fully saturated rings. The van der Waals surface area contributed by atoms with Crippen molar-refractivity contribution in [3.05, 3.63) is 64.6 Å². The molecule has 132 valence electrons. The minimum atomic E-state index is -0.574. The van der Waals surface area contributed by atoms with Crippen molar-refractivity contribution in [1.29, 1.82) is 0 Å². The number of pyridine rings is 1. The first kappa shape index (κ1) is 17.5. The Morgan fingerprint density at radius 2 is 1.92 bits per heavy atom. The van der Waals surface area contributed by atoms with E-state index in [4.69, 9.17) is 4.74 Å². The molecule has 3 aromatic rings. The van der Waals surface area contributed by atoms with Gasteiger partial charge in [0.15, 0.2) is 11.4 Å². The summed E-state index contributed by atoms with van der Waals surface area (Å²) in [6.07, 6.45) is 2.46. The standard InChI is InChI=1S/C20H24N2O3/c1-13-14(2)22-11-16(12-25-3)17(19(24)20(22)21-13)9-10-18(23)15-7-5-4-6-8-15/h4-8,11,18,23-24H,9-10,12H2,1-3H3/t18-/m1/s1. The SMILES string of the molecule is COCc1cn2c(C)c(C)nc2c(O)c1CC[C@@H](O)c1ccccc1. The molecule has 0 aliphatic heterocycles. The molecule has 25 heavy (non-hydrogen) atoms. The third-order valence-corrected chi connectivity index (χ3v) is 4.71. The summed E-state index contributed by atoms with van der Waals surface area (Å²) in [5.41, 5.74) is 5.02. The van der Waals surface area contributed by atoms with Gasteiger partial charge in [0, 0.05) is 30.1 Å². The molecule has 1 aromatic carbocycles. The van der Waals surface area contributed by atoms with Crippen molar-refractivity contribution in [2.24, 2.45) is 0 Å². The summed E-state index contributed by atoms with van der Waals surface area (Å²) in [7, 11) is 1.63. The van der Waals surface area contributed by atoms with Crippen LogP contribution in [0, 0.1) is 13.8 Å². The van der Waals surface area contributed by atoms with E-state index in [9.17, 15) is 10.2 Å². The quantitative estimate of drug-likeness (QED) is 0.721. The lowest BCUT2D eigenvalue weighted by molar-refractivity contribution is 0.165. The van der Waals surface area contributed by atoms with E-state index >= 15 is 0 Å². The smallest absolute Gasteiger partial charge is 0.180 e. The van der Waals surface area contributed by atoms with Crippen molar-refractivity contribution in [2.45, 2.75) is 39.4 Å². The number of aromatic nitrogens is 2. The summed E-state index contributed by atoms with van der Waals surface area (Å²) in [5, 5.41) is 21.2. The molecular formula is C20H24N2O3. The normalized spacial score (nSPS) is 12.6. The van der Waals surface area contributed by atoms with E-state index in [0.717, 1.165) is 28.1 Å². The highest BCUT2D eigenvalue weighted by Gasteiger charge is 2.18. The van der Waals surface area contributed by atoms with Crippen LogP contribution >= 0.6 is 0 Å². The molecule has 0 aliphatic carbocycles. The molecule has 0 saturated carbocycles. The van der Waals surface area contributed by atoms with Gasteiger partial charge in [-0.2, -0.15) is 0 Å². The lowest BCUT2D eigenvalue weighted by atomic mass is 9.98. The van der Waals surface area contributed by atoms with Gasteiger partial charge in [-0.25, -0.2) is 4.98 Å². The highest BCUT2D eigenvalue weighted by Crippen LogP contribution is 2.31. The monoisotopic (exact) mass is 340 g/mol. The van der Waals surface area contributed by atoms with Crippen LogP contribution in [0.3, 0.4) is 0 Å². The molecule has 1 atom stereocenters. The zero-order valence-electron chi connectivity index (χ0n) is 14.9. The lowest BCUT2D eigenvalue weighted by Gasteiger charge is -2.15. The molecule has 2 N–H and O–H groups in total. The van der Waals surface area contributed by atoms with E-state index in [2.05, 4.69) is 4.98 Å². The topological polar surface area (TPSA) is 67.0 Å². The van der Waals surface area contributed by atoms with Crippen molar-refractivity contribution in [3.8, 4) is 5.75 Å². The Labute approximate surface area is 147 Å². The molecule has 5 heteroatoms. The molecule has 0 aliphatic rings. The van der Waals surface area contributed by atoms with E-state index in [-0.39, 0.29) is 5.75 Å². The zero-order chi connectivity index (χ0) is 18.0. The molecule has 0 amide bonds. The molecule has 0 unspecified atom stereocenters. The maximum absolute atomic E-state index is 10.8. The summed E-state index contributed by atoms with van der Waals surface area (Å²) in [6, 6.07) is 9.56. The first-order valence-corrected chi connectivity index (χ1v) is 8.43. The second-order valence-corrected chi connectivity index (χ2v) is 6.36. The Kier molecular flexibility index (Phi) is 5.06. The van der Waals surface area contributed by atoms with Crippen LogP contribution in [0.25, 0.3) is 5.65 Å². The van der Waals surface area contributed by atoms with Crippen molar-refractivity contribution in [2.75, 3.05) is 7.11 Å². The molecule has 0 radical (unpaired) electrons. The largest absolute Gasteiger partial charge is 0.504 e. The molecular weight excluding hydrogens is 316 g/mol. The second-order valence-electron chi connectivity index (χ2n) is 6.36. The highest BCUT2D eigenvalue weighted by atomic mass is 16.5.